The van der Waals surface area contributed by atoms with Gasteiger partial charge in [-0.1, -0.05) is 0 Å². The van der Waals surface area contributed by atoms with Crippen LogP contribution in [0.1, 0.15) is 0 Å². The standard InChI is InChI=1S/C6H3IN2O6.H4N2O2S/c10-7(11)5-2-1-4(8(12)13)3-6(5)9(14)15;1-5(2,3)4/h1-3H;(H4,1,2,3,4). The number of hydrogen-bond acceptors (Lipinski definition) is 8. The summed E-state index contributed by atoms with van der Waals surface area (Å²) < 4.78 is 39.2. The van der Waals surface area contributed by atoms with Gasteiger partial charge in [-0.05, 0) is 6.07 Å². The van der Waals surface area contributed by atoms with Crippen molar-refractivity contribution < 1.29 is 24.4 Å². The number of nitro benzene ring substituents is 2. The molecule has 0 bridgehead atoms. The normalized spacial score (nSPS) is 10.6. The minimum atomic E-state index is -4.01. The van der Waals surface area contributed by atoms with E-state index in [1.165, 1.54) is 0 Å². The van der Waals surface area contributed by atoms with Crippen molar-refractivity contribution >= 4 is 41.4 Å². The van der Waals surface area contributed by atoms with E-state index in [1.807, 2.05) is 0 Å². The molecule has 20 heavy (non-hydrogen) atoms. The van der Waals surface area contributed by atoms with E-state index < -0.39 is 54.8 Å². The largest absolute Gasteiger partial charge is 0.347 e. The van der Waals surface area contributed by atoms with Crippen LogP contribution in [0.15, 0.2) is 18.2 Å². The Morgan fingerprint density at radius 2 is 1.50 bits per heavy atom. The summed E-state index contributed by atoms with van der Waals surface area (Å²) in [5, 5.41) is 28.9. The van der Waals surface area contributed by atoms with Gasteiger partial charge in [0.25, 0.3) is 21.6 Å². The zero-order valence-corrected chi connectivity index (χ0v) is 12.3. The number of halogens is 1. The highest BCUT2D eigenvalue weighted by molar-refractivity contribution is 14.2. The van der Waals surface area contributed by atoms with E-state index in [0.29, 0.717) is 6.07 Å². The first-order chi connectivity index (χ1) is 8.93. The van der Waals surface area contributed by atoms with Crippen molar-refractivity contribution in [1.29, 1.82) is 0 Å². The topological polar surface area (TPSA) is 207 Å². The second kappa shape index (κ2) is 7.12. The number of rotatable bonds is 3. The smallest absolute Gasteiger partial charge is 0.258 e. The number of benzene rings is 1. The van der Waals surface area contributed by atoms with E-state index in [9.17, 15) is 34.8 Å². The molecule has 0 aliphatic rings. The van der Waals surface area contributed by atoms with Gasteiger partial charge < -0.3 is 0 Å². The molecule has 0 saturated carbocycles. The molecule has 112 valence electrons. The maximum Gasteiger partial charge on any atom is 0.347 e. The van der Waals surface area contributed by atoms with Crippen LogP contribution < -0.4 is 10.3 Å². The number of nitrogens with two attached hydrogens (primary N) is 2. The molecule has 4 N–H and O–H groups in total. The molecule has 1 aromatic rings. The molecule has 0 saturated heterocycles. The maximum absolute atomic E-state index is 10.7. The van der Waals surface area contributed by atoms with Crippen LogP contribution in [0.3, 0.4) is 0 Å². The second-order valence-corrected chi connectivity index (χ2v) is 6.54. The summed E-state index contributed by atoms with van der Waals surface area (Å²) in [4.78, 5) is 18.9. The molecule has 0 heterocycles. The van der Waals surface area contributed by atoms with Crippen molar-refractivity contribution in [3.8, 4) is 0 Å². The third-order valence-corrected chi connectivity index (χ3v) is 3.36. The van der Waals surface area contributed by atoms with Crippen molar-refractivity contribution in [2.24, 2.45) is 10.3 Å². The monoisotopic (exact) mass is 422 g/mol. The quantitative estimate of drug-likeness (QED) is 0.385. The molecular weight excluding hydrogens is 415 g/mol. The van der Waals surface area contributed by atoms with Gasteiger partial charge in [-0.25, -0.2) is 16.4 Å². The molecule has 1 rings (SSSR count). The van der Waals surface area contributed by atoms with E-state index in [1.54, 1.807) is 0 Å². The molecule has 0 atom stereocenters. The molecule has 0 aromatic heterocycles. The minimum absolute atomic E-state index is 0.449. The Morgan fingerprint density at radius 3 is 1.80 bits per heavy atom. The minimum Gasteiger partial charge on any atom is -0.258 e. The lowest BCUT2D eigenvalue weighted by molar-refractivity contribution is -0.394. The van der Waals surface area contributed by atoms with Crippen molar-refractivity contribution in [1.82, 2.24) is 0 Å². The molecule has 0 fully saturated rings. The van der Waals surface area contributed by atoms with Crippen molar-refractivity contribution in [3.63, 3.8) is 0 Å². The summed E-state index contributed by atoms with van der Waals surface area (Å²) in [5.74, 6) is 0. The van der Waals surface area contributed by atoms with Crippen LogP contribution in [0.4, 0.5) is 11.4 Å². The molecule has 0 amide bonds. The summed E-state index contributed by atoms with van der Waals surface area (Å²) in [7, 11) is -3.67. The summed E-state index contributed by atoms with van der Waals surface area (Å²) in [6.07, 6.45) is 0. The van der Waals surface area contributed by atoms with Crippen molar-refractivity contribution in [2.75, 3.05) is 0 Å². The molecule has 12 nitrogen and oxygen atoms in total. The first-order valence-corrected chi connectivity index (χ1v) is 8.67. The lowest BCUT2D eigenvalue weighted by Crippen LogP contribution is -2.21. The molecule has 1 aromatic carbocycles. The van der Waals surface area contributed by atoms with Gasteiger partial charge >= 0.3 is 19.8 Å². The van der Waals surface area contributed by atoms with E-state index in [0.717, 1.165) is 12.1 Å². The van der Waals surface area contributed by atoms with Crippen LogP contribution in [0.2, 0.25) is 0 Å². The number of nitro groups is 2. The van der Waals surface area contributed by atoms with E-state index in [-0.39, 0.29) is 0 Å². The van der Waals surface area contributed by atoms with Crippen LogP contribution in [0.25, 0.3) is 0 Å². The first kappa shape index (κ1) is 18.2. The van der Waals surface area contributed by atoms with Gasteiger partial charge in [-0.3, -0.25) is 20.2 Å². The summed E-state index contributed by atoms with van der Waals surface area (Å²) in [6, 6.07) is 2.43. The van der Waals surface area contributed by atoms with E-state index >= 15 is 0 Å². The molecular formula is C6H7IN4O8S. The average Bonchev–Trinajstić information content (AvgIpc) is 2.25. The molecule has 0 unspecified atom stereocenters. The Balaban J connectivity index is 0.000000621. The van der Waals surface area contributed by atoms with Crippen LogP contribution in [0, 0.1) is 23.8 Å². The lowest BCUT2D eigenvalue weighted by Gasteiger charge is -1.94. The Morgan fingerprint density at radius 1 is 1.05 bits per heavy atom. The van der Waals surface area contributed by atoms with Gasteiger partial charge in [-0.15, -0.1) is 0 Å². The first-order valence-electron chi connectivity index (χ1n) is 4.22. The van der Waals surface area contributed by atoms with Crippen LogP contribution in [-0.2, 0) is 16.3 Å². The fourth-order valence-corrected chi connectivity index (χ4v) is 2.16. The SMILES string of the molecule is NS(N)(=O)=O.O=[N+]([O-])c1ccc(I(=O)=O)c([N+](=O)[O-])c1. The van der Waals surface area contributed by atoms with E-state index in [2.05, 4.69) is 10.3 Å². The van der Waals surface area contributed by atoms with Crippen molar-refractivity contribution in [3.05, 3.63) is 42.0 Å². The van der Waals surface area contributed by atoms with Gasteiger partial charge in [0.1, 0.15) is 0 Å². The molecule has 0 aliphatic carbocycles. The van der Waals surface area contributed by atoms with Crippen LogP contribution >= 0.6 is 19.8 Å². The van der Waals surface area contributed by atoms with Crippen LogP contribution in [-0.4, -0.2) is 18.3 Å². The second-order valence-electron chi connectivity index (χ2n) is 2.96. The summed E-state index contributed by atoms with van der Waals surface area (Å²) in [6.45, 7) is 0. The zero-order valence-electron chi connectivity index (χ0n) is 9.33. The van der Waals surface area contributed by atoms with E-state index in [4.69, 9.17) is 0 Å². The average molecular weight is 422 g/mol. The third-order valence-electron chi connectivity index (χ3n) is 1.50. The Labute approximate surface area is 118 Å². The van der Waals surface area contributed by atoms with Gasteiger partial charge in [0, 0.05) is 6.07 Å². The highest BCUT2D eigenvalue weighted by Crippen LogP contribution is 2.30. The zero-order chi connectivity index (χ0) is 16.1. The molecule has 0 spiro atoms. The fourth-order valence-electron chi connectivity index (χ4n) is 0.885. The van der Waals surface area contributed by atoms with Gasteiger partial charge in [0.15, 0.2) is 3.57 Å². The molecule has 14 heteroatoms. The highest BCUT2D eigenvalue weighted by atomic mass is 127. The Bertz CT molecular complexity index is 696. The lowest BCUT2D eigenvalue weighted by atomic mass is 10.3. The predicted octanol–water partition coefficient (Wildman–Crippen LogP) is 0.0186. The Hall–Kier alpha value is -1.78. The van der Waals surface area contributed by atoms with Crippen LogP contribution in [0.5, 0.6) is 0 Å². The van der Waals surface area contributed by atoms with Gasteiger partial charge in [0.05, 0.1) is 15.9 Å². The third kappa shape index (κ3) is 6.97. The predicted molar refractivity (Wildman–Crippen MR) is 71.1 cm³/mol. The Kier molecular flexibility index (Phi) is 6.49. The number of non-ortho nitro benzene ring substituents is 1. The summed E-state index contributed by atoms with van der Waals surface area (Å²) in [5.41, 5.74) is -1.26. The van der Waals surface area contributed by atoms with Gasteiger partial charge in [0.2, 0.25) is 0 Å². The number of hydrogen-bond donors (Lipinski definition) is 2. The van der Waals surface area contributed by atoms with Crippen molar-refractivity contribution in [2.45, 2.75) is 0 Å². The van der Waals surface area contributed by atoms with Gasteiger partial charge in [-0.2, -0.15) is 8.42 Å². The number of nitrogens with zero attached hydrogens (tertiary/aromatic N) is 2. The fraction of sp³-hybridized carbons (Fsp3) is 0. The molecule has 0 aliphatic heterocycles. The summed E-state index contributed by atoms with van der Waals surface area (Å²) >= 11 is -4.01. The highest BCUT2D eigenvalue weighted by Gasteiger charge is 2.22. The maximum atomic E-state index is 10.7. The molecule has 0 radical (unpaired) electrons.